The lowest BCUT2D eigenvalue weighted by Gasteiger charge is -2.45. The molecule has 164 valence electrons. The number of ketones is 1. The molecule has 31 heavy (non-hydrogen) atoms. The Bertz CT molecular complexity index is 987. The van der Waals surface area contributed by atoms with Crippen LogP contribution in [-0.4, -0.2) is 46.9 Å². The molecule has 2 heterocycles. The molecule has 4 aliphatic rings. The fourth-order valence-electron chi connectivity index (χ4n) is 6.23. The van der Waals surface area contributed by atoms with E-state index < -0.39 is 52.8 Å². The molecule has 0 unspecified atom stereocenters. The predicted molar refractivity (Wildman–Crippen MR) is 108 cm³/mol. The summed E-state index contributed by atoms with van der Waals surface area (Å²) < 4.78 is 17.0. The van der Waals surface area contributed by atoms with Gasteiger partial charge in [0.25, 0.3) is 0 Å². The van der Waals surface area contributed by atoms with Gasteiger partial charge in [-0.1, -0.05) is 44.2 Å². The number of carbonyl (C=O) groups excluding carboxylic acids is 3. The quantitative estimate of drug-likeness (QED) is 0.449. The van der Waals surface area contributed by atoms with Crippen LogP contribution in [0.4, 0.5) is 0 Å². The van der Waals surface area contributed by atoms with Crippen molar-refractivity contribution in [2.24, 2.45) is 22.7 Å². The summed E-state index contributed by atoms with van der Waals surface area (Å²) in [5.74, 6) is -2.33. The van der Waals surface area contributed by atoms with Gasteiger partial charge in [-0.05, 0) is 30.9 Å². The Balaban J connectivity index is 1.56. The van der Waals surface area contributed by atoms with Crippen LogP contribution < -0.4 is 0 Å². The molecule has 1 N–H and O–H groups in total. The molecule has 0 amide bonds. The van der Waals surface area contributed by atoms with Crippen LogP contribution in [0, 0.1) is 22.7 Å². The minimum Gasteiger partial charge on any atom is -0.457 e. The van der Waals surface area contributed by atoms with E-state index in [0.717, 1.165) is 5.56 Å². The molecular weight excluding hydrogens is 400 g/mol. The highest BCUT2D eigenvalue weighted by Gasteiger charge is 2.90. The van der Waals surface area contributed by atoms with Gasteiger partial charge >= 0.3 is 11.9 Å². The summed E-state index contributed by atoms with van der Waals surface area (Å²) in [6.45, 7) is 5.49. The van der Waals surface area contributed by atoms with Crippen LogP contribution in [0.2, 0.25) is 0 Å². The molecule has 1 aromatic rings. The molecule has 7 nitrogen and oxygen atoms in total. The minimum atomic E-state index is -1.64. The van der Waals surface area contributed by atoms with E-state index in [1.807, 2.05) is 44.2 Å². The van der Waals surface area contributed by atoms with Crippen molar-refractivity contribution in [1.82, 2.24) is 0 Å². The van der Waals surface area contributed by atoms with E-state index in [2.05, 4.69) is 0 Å². The van der Waals surface area contributed by atoms with Crippen LogP contribution in [0.5, 0.6) is 0 Å². The molecule has 0 bridgehead atoms. The van der Waals surface area contributed by atoms with Gasteiger partial charge in [-0.25, -0.2) is 4.79 Å². The first-order chi connectivity index (χ1) is 14.7. The van der Waals surface area contributed by atoms with Crippen molar-refractivity contribution in [2.75, 3.05) is 0 Å². The molecule has 4 fully saturated rings. The van der Waals surface area contributed by atoms with Crippen LogP contribution >= 0.6 is 0 Å². The van der Waals surface area contributed by atoms with Gasteiger partial charge in [0.1, 0.15) is 11.9 Å². The lowest BCUT2D eigenvalue weighted by molar-refractivity contribution is -0.188. The van der Waals surface area contributed by atoms with E-state index in [-0.39, 0.29) is 11.7 Å². The average Bonchev–Trinajstić information content (AvgIpc) is 3.26. The Morgan fingerprint density at radius 2 is 1.94 bits per heavy atom. The fraction of sp³-hybridized carbons (Fsp3) is 0.542. The molecule has 1 aromatic carbocycles. The number of ether oxygens (including phenoxy) is 3. The van der Waals surface area contributed by atoms with E-state index in [1.54, 1.807) is 13.0 Å². The van der Waals surface area contributed by atoms with Crippen LogP contribution in [0.1, 0.15) is 39.2 Å². The van der Waals surface area contributed by atoms with E-state index in [4.69, 9.17) is 14.2 Å². The Morgan fingerprint density at radius 3 is 2.58 bits per heavy atom. The van der Waals surface area contributed by atoms with Crippen molar-refractivity contribution in [3.8, 4) is 0 Å². The molecule has 1 spiro atoms. The number of benzene rings is 1. The highest BCUT2D eigenvalue weighted by molar-refractivity contribution is 5.93. The zero-order valence-corrected chi connectivity index (χ0v) is 17.7. The Hall–Kier alpha value is -2.51. The summed E-state index contributed by atoms with van der Waals surface area (Å²) in [5.41, 5.74) is -2.88. The van der Waals surface area contributed by atoms with E-state index in [0.29, 0.717) is 12.8 Å². The minimum absolute atomic E-state index is 0.0608. The lowest BCUT2D eigenvalue weighted by atomic mass is 9.60. The van der Waals surface area contributed by atoms with Gasteiger partial charge in [-0.3, -0.25) is 9.59 Å². The highest BCUT2D eigenvalue weighted by atomic mass is 16.8. The second-order valence-electron chi connectivity index (χ2n) is 9.59. The normalized spacial score (nSPS) is 45.5. The van der Waals surface area contributed by atoms with Gasteiger partial charge in [-0.2, -0.15) is 0 Å². The maximum Gasteiger partial charge on any atom is 0.331 e. The SMILES string of the molecule is C[C@H]1CCC(=O)[C@@H]2[C@@H](O)[C@]3(C(=O)O[C@@H]4O[C@@]43C)[C@@H](OC(=O)C=Cc3ccccc3)[C@@]21C. The number of rotatable bonds is 3. The first-order valence-corrected chi connectivity index (χ1v) is 10.7. The molecule has 8 atom stereocenters. The molecule has 2 saturated heterocycles. The number of carbonyl (C=O) groups is 3. The zero-order valence-electron chi connectivity index (χ0n) is 17.7. The largest absolute Gasteiger partial charge is 0.457 e. The third-order valence-electron chi connectivity index (χ3n) is 8.23. The van der Waals surface area contributed by atoms with Gasteiger partial charge in [0.15, 0.2) is 11.0 Å². The molecule has 0 radical (unpaired) electrons. The van der Waals surface area contributed by atoms with Crippen molar-refractivity contribution in [1.29, 1.82) is 0 Å². The fourth-order valence-corrected chi connectivity index (χ4v) is 6.23. The predicted octanol–water partition coefficient (Wildman–Crippen LogP) is 2.27. The van der Waals surface area contributed by atoms with Crippen LogP contribution in [-0.2, 0) is 28.6 Å². The van der Waals surface area contributed by atoms with Gasteiger partial charge in [0.05, 0.1) is 12.0 Å². The third-order valence-corrected chi connectivity index (χ3v) is 8.23. The smallest absolute Gasteiger partial charge is 0.331 e. The van der Waals surface area contributed by atoms with Crippen LogP contribution in [0.15, 0.2) is 36.4 Å². The molecular formula is C24H26O7. The molecule has 2 saturated carbocycles. The standard InChI is InChI=1S/C24H26O7/c1-13-9-11-15(25)17-18(27)24(20(28)30-21-23(24,3)31-21)19(22(13,17)2)29-16(26)12-10-14-7-5-4-6-8-14/h4-8,10,12-13,17-19,21,27H,9,11H2,1-3H3/t13-,17+,18+,19-,21+,22+,23-,24+/m0/s1. The maximum absolute atomic E-state index is 13.1. The second-order valence-corrected chi connectivity index (χ2v) is 9.59. The monoisotopic (exact) mass is 426 g/mol. The maximum atomic E-state index is 13.1. The summed E-state index contributed by atoms with van der Waals surface area (Å²) in [5, 5.41) is 11.4. The number of epoxide rings is 1. The lowest BCUT2D eigenvalue weighted by Crippen LogP contribution is -2.57. The number of hydrogen-bond donors (Lipinski definition) is 1. The number of hydrogen-bond acceptors (Lipinski definition) is 7. The van der Waals surface area contributed by atoms with Crippen LogP contribution in [0.3, 0.4) is 0 Å². The third kappa shape index (κ3) is 2.44. The first kappa shape index (κ1) is 20.4. The Morgan fingerprint density at radius 1 is 1.23 bits per heavy atom. The topological polar surface area (TPSA) is 102 Å². The number of aliphatic hydroxyl groups is 1. The summed E-state index contributed by atoms with van der Waals surface area (Å²) in [6.07, 6.45) is 0.629. The van der Waals surface area contributed by atoms with Crippen molar-refractivity contribution < 1.29 is 33.7 Å². The van der Waals surface area contributed by atoms with Gasteiger partial charge < -0.3 is 19.3 Å². The first-order valence-electron chi connectivity index (χ1n) is 10.7. The Kier molecular flexibility index (Phi) is 4.27. The highest BCUT2D eigenvalue weighted by Crippen LogP contribution is 2.72. The number of aliphatic hydroxyl groups excluding tert-OH is 1. The van der Waals surface area contributed by atoms with Gasteiger partial charge in [-0.15, -0.1) is 0 Å². The molecule has 2 aliphatic carbocycles. The average molecular weight is 426 g/mol. The summed E-state index contributed by atoms with van der Waals surface area (Å²) in [7, 11) is 0. The number of Topliss-reactive ketones (excluding diaryl/α,β-unsaturated/α-hetero) is 1. The Labute approximate surface area is 180 Å². The van der Waals surface area contributed by atoms with Crippen molar-refractivity contribution in [2.45, 2.75) is 57.7 Å². The second kappa shape index (κ2) is 6.50. The molecule has 5 rings (SSSR count). The number of fused-ring (bicyclic) bond motifs is 3. The van der Waals surface area contributed by atoms with E-state index >= 15 is 0 Å². The molecule has 2 aliphatic heterocycles. The van der Waals surface area contributed by atoms with Gasteiger partial charge in [0, 0.05) is 17.9 Å². The molecule has 7 heteroatoms. The summed E-state index contributed by atoms with van der Waals surface area (Å²) >= 11 is 0. The van der Waals surface area contributed by atoms with Gasteiger partial charge in [0.2, 0.25) is 6.29 Å². The van der Waals surface area contributed by atoms with E-state index in [9.17, 15) is 19.5 Å². The van der Waals surface area contributed by atoms with E-state index in [1.165, 1.54) is 6.08 Å². The van der Waals surface area contributed by atoms with Crippen molar-refractivity contribution >= 4 is 23.8 Å². The zero-order chi connectivity index (χ0) is 22.2. The van der Waals surface area contributed by atoms with Crippen LogP contribution in [0.25, 0.3) is 6.08 Å². The summed E-state index contributed by atoms with van der Waals surface area (Å²) in [6, 6.07) is 9.28. The molecule has 0 aromatic heterocycles. The van der Waals surface area contributed by atoms with Crippen molar-refractivity contribution in [3.05, 3.63) is 42.0 Å². The number of esters is 2. The van der Waals surface area contributed by atoms with Crippen molar-refractivity contribution in [3.63, 3.8) is 0 Å². The summed E-state index contributed by atoms with van der Waals surface area (Å²) in [4.78, 5) is 39.0.